The maximum absolute atomic E-state index is 13.0. The number of halogens is 1. The summed E-state index contributed by atoms with van der Waals surface area (Å²) in [6.07, 6.45) is 3.21. The lowest BCUT2D eigenvalue weighted by atomic mass is 9.97. The lowest BCUT2D eigenvalue weighted by molar-refractivity contribution is 0.0959. The van der Waals surface area contributed by atoms with Crippen LogP contribution in [0.2, 0.25) is 5.02 Å². The van der Waals surface area contributed by atoms with Crippen LogP contribution in [0.4, 0.5) is 5.69 Å². The summed E-state index contributed by atoms with van der Waals surface area (Å²) in [6, 6.07) is 14.0. The number of benzene rings is 2. The molecule has 0 aliphatic carbocycles. The number of nitrogens with one attached hydrogen (secondary N) is 2. The first-order valence-electron chi connectivity index (χ1n) is 8.82. The molecule has 2 aromatic carbocycles. The molecule has 0 saturated heterocycles. The van der Waals surface area contributed by atoms with Gasteiger partial charge >= 0.3 is 0 Å². The van der Waals surface area contributed by atoms with Gasteiger partial charge in [0.25, 0.3) is 11.8 Å². The summed E-state index contributed by atoms with van der Waals surface area (Å²) in [5.74, 6) is -0.550. The summed E-state index contributed by atoms with van der Waals surface area (Å²) in [5, 5.41) is 7.14. The molecule has 0 spiro atoms. The van der Waals surface area contributed by atoms with Gasteiger partial charge in [-0.25, -0.2) is 0 Å². The molecule has 3 heterocycles. The number of pyridine rings is 1. The van der Waals surface area contributed by atoms with E-state index in [1.165, 1.54) is 11.5 Å². The Bertz CT molecular complexity index is 1290. The third-order valence-corrected chi connectivity index (χ3v) is 6.03. The number of amides is 2. The summed E-state index contributed by atoms with van der Waals surface area (Å²) >= 11 is 7.61. The SMILES string of the molecule is O=C1NC(c2cnccc2Cl)c2c(NC(=O)c3nsc4ccccc34)cccc21. The van der Waals surface area contributed by atoms with Crippen molar-refractivity contribution >= 4 is 50.7 Å². The predicted octanol–water partition coefficient (Wildman–Crippen LogP) is 4.43. The van der Waals surface area contributed by atoms with Crippen molar-refractivity contribution in [2.45, 2.75) is 6.04 Å². The molecule has 2 amide bonds. The van der Waals surface area contributed by atoms with Crippen molar-refractivity contribution in [3.05, 3.63) is 88.3 Å². The van der Waals surface area contributed by atoms with Crippen molar-refractivity contribution < 1.29 is 9.59 Å². The average molecular weight is 421 g/mol. The quantitative estimate of drug-likeness (QED) is 0.513. The molecule has 0 fully saturated rings. The lowest BCUT2D eigenvalue weighted by Crippen LogP contribution is -2.21. The predicted molar refractivity (Wildman–Crippen MR) is 113 cm³/mol. The van der Waals surface area contributed by atoms with E-state index >= 15 is 0 Å². The minimum atomic E-state index is -0.498. The normalized spacial score (nSPS) is 15.2. The van der Waals surface area contributed by atoms with E-state index in [4.69, 9.17) is 11.6 Å². The molecule has 1 unspecified atom stereocenters. The van der Waals surface area contributed by atoms with Crippen LogP contribution >= 0.6 is 23.1 Å². The molecule has 0 bridgehead atoms. The van der Waals surface area contributed by atoms with E-state index in [-0.39, 0.29) is 11.8 Å². The molecule has 4 aromatic rings. The zero-order chi connectivity index (χ0) is 20.0. The Morgan fingerprint density at radius 1 is 1.14 bits per heavy atom. The van der Waals surface area contributed by atoms with Crippen LogP contribution in [0.15, 0.2) is 60.9 Å². The molecular formula is C21H13ClN4O2S. The standard InChI is InChI=1S/C21H13ClN4O2S/c22-14-8-9-23-10-13(14)18-17-12(20(27)25-18)5-3-6-15(17)24-21(28)19-11-4-1-2-7-16(11)29-26-19/h1-10,18H,(H,24,28)(H,25,27). The zero-order valence-electron chi connectivity index (χ0n) is 14.8. The smallest absolute Gasteiger partial charge is 0.276 e. The summed E-state index contributed by atoms with van der Waals surface area (Å²) in [7, 11) is 0. The maximum atomic E-state index is 13.0. The Hall–Kier alpha value is -3.29. The van der Waals surface area contributed by atoms with Crippen molar-refractivity contribution in [3.8, 4) is 0 Å². The summed E-state index contributed by atoms with van der Waals surface area (Å²) in [5.41, 5.74) is 2.72. The number of aromatic nitrogens is 2. The van der Waals surface area contributed by atoms with Gasteiger partial charge in [0.05, 0.1) is 10.7 Å². The number of carbonyl (C=O) groups excluding carboxylic acids is 2. The van der Waals surface area contributed by atoms with E-state index in [0.717, 1.165) is 10.1 Å². The molecule has 2 aromatic heterocycles. The Labute approximate surface area is 174 Å². The van der Waals surface area contributed by atoms with Gasteiger partial charge < -0.3 is 10.6 Å². The number of rotatable bonds is 3. The molecule has 1 aliphatic rings. The van der Waals surface area contributed by atoms with Gasteiger partial charge in [-0.05, 0) is 35.8 Å². The van der Waals surface area contributed by atoms with E-state index < -0.39 is 6.04 Å². The number of hydrogen-bond donors (Lipinski definition) is 2. The van der Waals surface area contributed by atoms with Crippen molar-refractivity contribution in [3.63, 3.8) is 0 Å². The summed E-state index contributed by atoms with van der Waals surface area (Å²) in [6.45, 7) is 0. The van der Waals surface area contributed by atoms with E-state index in [2.05, 4.69) is 20.0 Å². The van der Waals surface area contributed by atoms with Crippen molar-refractivity contribution in [1.29, 1.82) is 0 Å². The van der Waals surface area contributed by atoms with Crippen LogP contribution in [-0.2, 0) is 0 Å². The fraction of sp³-hybridized carbons (Fsp3) is 0.0476. The Morgan fingerprint density at radius 3 is 2.86 bits per heavy atom. The van der Waals surface area contributed by atoms with Crippen molar-refractivity contribution in [2.75, 3.05) is 5.32 Å². The Morgan fingerprint density at radius 2 is 2.00 bits per heavy atom. The second kappa shape index (κ2) is 6.95. The summed E-state index contributed by atoms with van der Waals surface area (Å²) < 4.78 is 5.24. The van der Waals surface area contributed by atoms with Crippen LogP contribution in [-0.4, -0.2) is 21.2 Å². The van der Waals surface area contributed by atoms with Crippen LogP contribution < -0.4 is 10.6 Å². The number of fused-ring (bicyclic) bond motifs is 2. The maximum Gasteiger partial charge on any atom is 0.276 e. The molecule has 0 radical (unpaired) electrons. The van der Waals surface area contributed by atoms with Gasteiger partial charge in [-0.2, -0.15) is 4.37 Å². The fourth-order valence-electron chi connectivity index (χ4n) is 3.53. The second-order valence-corrected chi connectivity index (χ2v) is 7.76. The molecule has 8 heteroatoms. The third-order valence-electron chi connectivity index (χ3n) is 4.86. The lowest BCUT2D eigenvalue weighted by Gasteiger charge is -2.17. The highest BCUT2D eigenvalue weighted by Gasteiger charge is 2.34. The largest absolute Gasteiger partial charge is 0.341 e. The first-order valence-corrected chi connectivity index (χ1v) is 9.97. The second-order valence-electron chi connectivity index (χ2n) is 6.55. The van der Waals surface area contributed by atoms with Gasteiger partial charge in [-0.1, -0.05) is 35.9 Å². The molecule has 6 nitrogen and oxygen atoms in total. The highest BCUT2D eigenvalue weighted by Crippen LogP contribution is 2.38. The highest BCUT2D eigenvalue weighted by atomic mass is 35.5. The molecule has 1 aliphatic heterocycles. The number of anilines is 1. The van der Waals surface area contributed by atoms with Crippen LogP contribution in [0.1, 0.15) is 38.0 Å². The first kappa shape index (κ1) is 17.8. The van der Waals surface area contributed by atoms with E-state index in [0.29, 0.717) is 33.1 Å². The number of hydrogen-bond acceptors (Lipinski definition) is 5. The van der Waals surface area contributed by atoms with E-state index in [9.17, 15) is 9.59 Å². The van der Waals surface area contributed by atoms with E-state index in [1.54, 1.807) is 36.7 Å². The molecule has 1 atom stereocenters. The molecule has 5 rings (SSSR count). The highest BCUT2D eigenvalue weighted by molar-refractivity contribution is 7.13. The first-order chi connectivity index (χ1) is 14.1. The molecule has 29 heavy (non-hydrogen) atoms. The Balaban J connectivity index is 1.57. The molecule has 142 valence electrons. The molecular weight excluding hydrogens is 408 g/mol. The monoisotopic (exact) mass is 420 g/mol. The zero-order valence-corrected chi connectivity index (χ0v) is 16.4. The average Bonchev–Trinajstić information content (AvgIpc) is 3.31. The fourth-order valence-corrected chi connectivity index (χ4v) is 4.52. The topological polar surface area (TPSA) is 84.0 Å². The van der Waals surface area contributed by atoms with Gasteiger partial charge in [0.1, 0.15) is 5.69 Å². The number of nitrogens with zero attached hydrogens (tertiary/aromatic N) is 2. The van der Waals surface area contributed by atoms with Crippen LogP contribution in [0, 0.1) is 0 Å². The number of carbonyl (C=O) groups is 2. The minimum Gasteiger partial charge on any atom is -0.341 e. The van der Waals surface area contributed by atoms with E-state index in [1.807, 2.05) is 24.3 Å². The minimum absolute atomic E-state index is 0.222. The molecule has 2 N–H and O–H groups in total. The van der Waals surface area contributed by atoms with Gasteiger partial charge in [-0.15, -0.1) is 0 Å². The van der Waals surface area contributed by atoms with Crippen molar-refractivity contribution in [2.24, 2.45) is 0 Å². The van der Waals surface area contributed by atoms with Crippen LogP contribution in [0.25, 0.3) is 10.1 Å². The Kier molecular flexibility index (Phi) is 4.26. The van der Waals surface area contributed by atoms with Gasteiger partial charge in [0.2, 0.25) is 0 Å². The summed E-state index contributed by atoms with van der Waals surface area (Å²) in [4.78, 5) is 29.6. The van der Waals surface area contributed by atoms with Crippen LogP contribution in [0.5, 0.6) is 0 Å². The third kappa shape index (κ3) is 2.95. The van der Waals surface area contributed by atoms with Gasteiger partial charge in [0.15, 0.2) is 0 Å². The van der Waals surface area contributed by atoms with Gasteiger partial charge in [0, 0.05) is 45.2 Å². The van der Waals surface area contributed by atoms with Crippen molar-refractivity contribution in [1.82, 2.24) is 14.7 Å². The molecule has 0 saturated carbocycles. The van der Waals surface area contributed by atoms with Gasteiger partial charge in [-0.3, -0.25) is 14.6 Å². The van der Waals surface area contributed by atoms with Crippen LogP contribution in [0.3, 0.4) is 0 Å².